The van der Waals surface area contributed by atoms with E-state index in [9.17, 15) is 0 Å². The molecule has 0 saturated heterocycles. The summed E-state index contributed by atoms with van der Waals surface area (Å²) in [5.74, 6) is 0.544. The molecule has 0 fully saturated rings. The number of benzene rings is 1. The first-order valence-electron chi connectivity index (χ1n) is 6.93. The molecule has 0 spiro atoms. The first-order valence-corrected chi connectivity index (χ1v) is 8.75. The van der Waals surface area contributed by atoms with Crippen molar-refractivity contribution in [2.45, 2.75) is 11.4 Å². The van der Waals surface area contributed by atoms with Crippen molar-refractivity contribution in [2.75, 3.05) is 7.05 Å². The number of hydrogen-bond donors (Lipinski definition) is 2. The van der Waals surface area contributed by atoms with Gasteiger partial charge in [-0.05, 0) is 34.6 Å². The van der Waals surface area contributed by atoms with Crippen molar-refractivity contribution in [1.29, 1.82) is 0 Å². The highest BCUT2D eigenvalue weighted by molar-refractivity contribution is 8.02. The maximum Gasteiger partial charge on any atom is 0.141 e. The minimum absolute atomic E-state index is 0.0438. The van der Waals surface area contributed by atoms with Crippen LogP contribution in [0.4, 0.5) is 5.69 Å². The Morgan fingerprint density at radius 1 is 1.27 bits per heavy atom. The van der Waals surface area contributed by atoms with Gasteiger partial charge in [-0.25, -0.2) is 4.99 Å². The monoisotopic (exact) mass is 330 g/mol. The summed E-state index contributed by atoms with van der Waals surface area (Å²) in [6, 6.07) is 11.9. The van der Waals surface area contributed by atoms with Gasteiger partial charge in [-0.3, -0.25) is 0 Å². The van der Waals surface area contributed by atoms with Crippen molar-refractivity contribution in [1.82, 2.24) is 4.90 Å². The molecular formula is C16H18N4S2. The minimum atomic E-state index is -0.0438. The van der Waals surface area contributed by atoms with Gasteiger partial charge in [0, 0.05) is 13.2 Å². The van der Waals surface area contributed by atoms with Crippen LogP contribution < -0.4 is 11.5 Å². The van der Waals surface area contributed by atoms with Crippen LogP contribution in [0, 0.1) is 0 Å². The molecule has 3 rings (SSSR count). The average Bonchev–Trinajstić information content (AvgIpc) is 3.18. The highest BCUT2D eigenvalue weighted by Crippen LogP contribution is 2.33. The average molecular weight is 330 g/mol. The van der Waals surface area contributed by atoms with Crippen molar-refractivity contribution >= 4 is 34.6 Å². The van der Waals surface area contributed by atoms with Crippen LogP contribution in [-0.2, 0) is 0 Å². The van der Waals surface area contributed by atoms with E-state index in [0.29, 0.717) is 5.84 Å². The van der Waals surface area contributed by atoms with Crippen LogP contribution in [0.3, 0.4) is 0 Å². The number of likely N-dealkylation sites (N-methyl/N-ethyl adjacent to an activating group) is 1. The number of thioether (sulfide) groups is 1. The van der Waals surface area contributed by atoms with Gasteiger partial charge in [0.25, 0.3) is 0 Å². The molecule has 2 aromatic rings. The molecule has 2 unspecified atom stereocenters. The largest absolute Gasteiger partial charge is 0.383 e. The van der Waals surface area contributed by atoms with Crippen LogP contribution in [0.25, 0.3) is 0 Å². The van der Waals surface area contributed by atoms with Gasteiger partial charge in [0.15, 0.2) is 0 Å². The molecule has 114 valence electrons. The van der Waals surface area contributed by atoms with Crippen molar-refractivity contribution in [3.8, 4) is 0 Å². The lowest BCUT2D eigenvalue weighted by molar-refractivity contribution is 0.389. The van der Waals surface area contributed by atoms with Crippen LogP contribution in [0.2, 0.25) is 0 Å². The lowest BCUT2D eigenvalue weighted by Crippen LogP contribution is -2.32. The molecule has 1 aromatic carbocycles. The lowest BCUT2D eigenvalue weighted by atomic mass is 10.1. The molecule has 0 bridgehead atoms. The van der Waals surface area contributed by atoms with Gasteiger partial charge >= 0.3 is 0 Å². The second-order valence-corrected chi connectivity index (χ2v) is 7.04. The van der Waals surface area contributed by atoms with Crippen LogP contribution in [0.5, 0.6) is 0 Å². The third-order valence-corrected chi connectivity index (χ3v) is 5.60. The Morgan fingerprint density at radius 2 is 2.05 bits per heavy atom. The zero-order chi connectivity index (χ0) is 15.5. The van der Waals surface area contributed by atoms with Crippen LogP contribution in [0.15, 0.2) is 58.4 Å². The van der Waals surface area contributed by atoms with Crippen LogP contribution >= 0.6 is 23.1 Å². The molecule has 22 heavy (non-hydrogen) atoms. The fourth-order valence-corrected chi connectivity index (χ4v) is 3.92. The highest BCUT2D eigenvalue weighted by atomic mass is 32.2. The molecule has 2 heterocycles. The molecular weight excluding hydrogens is 312 g/mol. The van der Waals surface area contributed by atoms with Gasteiger partial charge < -0.3 is 16.4 Å². The van der Waals surface area contributed by atoms with Crippen molar-refractivity contribution in [3.63, 3.8) is 0 Å². The summed E-state index contributed by atoms with van der Waals surface area (Å²) in [6.07, 6.45) is 2.05. The summed E-state index contributed by atoms with van der Waals surface area (Å²) in [4.78, 5) is 7.57. The Kier molecular flexibility index (Phi) is 4.52. The van der Waals surface area contributed by atoms with Crippen LogP contribution in [-0.4, -0.2) is 23.2 Å². The van der Waals surface area contributed by atoms with Gasteiger partial charge in [0.2, 0.25) is 0 Å². The molecule has 1 aliphatic rings. The SMILES string of the molecule is CN1C=CSC1C(N)c1ccc(N=C(N)c2cccs2)cc1. The van der Waals surface area contributed by atoms with E-state index in [0.717, 1.165) is 16.1 Å². The van der Waals surface area contributed by atoms with E-state index in [2.05, 4.69) is 21.5 Å². The zero-order valence-electron chi connectivity index (χ0n) is 12.2. The molecule has 6 heteroatoms. The van der Waals surface area contributed by atoms with E-state index < -0.39 is 0 Å². The second-order valence-electron chi connectivity index (χ2n) is 5.07. The topological polar surface area (TPSA) is 67.6 Å². The first-order chi connectivity index (χ1) is 10.6. The van der Waals surface area contributed by atoms with E-state index in [1.807, 2.05) is 48.8 Å². The fraction of sp³-hybridized carbons (Fsp3) is 0.188. The molecule has 4 N–H and O–H groups in total. The number of thiophene rings is 1. The molecule has 1 aromatic heterocycles. The number of nitrogens with two attached hydrogens (primary N) is 2. The molecule has 2 atom stereocenters. The Labute approximate surface area is 138 Å². The van der Waals surface area contributed by atoms with Crippen molar-refractivity contribution < 1.29 is 0 Å². The smallest absolute Gasteiger partial charge is 0.141 e. The van der Waals surface area contributed by atoms with Gasteiger partial charge in [0.05, 0.1) is 22.0 Å². The Balaban J connectivity index is 1.74. The van der Waals surface area contributed by atoms with E-state index in [1.54, 1.807) is 23.1 Å². The molecule has 0 aliphatic carbocycles. The summed E-state index contributed by atoms with van der Waals surface area (Å²) in [7, 11) is 2.04. The quantitative estimate of drug-likeness (QED) is 0.667. The van der Waals surface area contributed by atoms with Gasteiger partial charge in [-0.1, -0.05) is 18.2 Å². The van der Waals surface area contributed by atoms with Gasteiger partial charge in [-0.2, -0.15) is 0 Å². The van der Waals surface area contributed by atoms with Crippen LogP contribution in [0.1, 0.15) is 16.5 Å². The Bertz CT molecular complexity index is 677. The first kappa shape index (κ1) is 15.1. The molecule has 0 radical (unpaired) electrons. The second kappa shape index (κ2) is 6.56. The third-order valence-electron chi connectivity index (χ3n) is 3.52. The number of amidine groups is 1. The molecule has 0 amide bonds. The number of rotatable bonds is 4. The summed E-state index contributed by atoms with van der Waals surface area (Å²) >= 11 is 3.33. The third kappa shape index (κ3) is 3.19. The standard InChI is InChI=1S/C16H18N4S2/c1-20-8-10-22-16(20)14(17)11-4-6-12(7-5-11)19-15(18)13-3-2-9-21-13/h2-10,14,16H,17H2,1H3,(H2,18,19). The molecule has 4 nitrogen and oxygen atoms in total. The van der Waals surface area contributed by atoms with E-state index in [1.165, 1.54) is 0 Å². The van der Waals surface area contributed by atoms with Crippen molar-refractivity contribution in [2.24, 2.45) is 16.5 Å². The number of nitrogens with zero attached hydrogens (tertiary/aromatic N) is 2. The zero-order valence-corrected chi connectivity index (χ0v) is 13.8. The summed E-state index contributed by atoms with van der Waals surface area (Å²) in [6.45, 7) is 0. The van der Waals surface area contributed by atoms with Gasteiger partial charge in [0.1, 0.15) is 5.84 Å². The van der Waals surface area contributed by atoms with Gasteiger partial charge in [-0.15, -0.1) is 23.1 Å². The number of aliphatic imine (C=N–C) groups is 1. The van der Waals surface area contributed by atoms with E-state index in [-0.39, 0.29) is 11.4 Å². The van der Waals surface area contributed by atoms with Crippen molar-refractivity contribution in [3.05, 3.63) is 63.8 Å². The maximum absolute atomic E-state index is 6.36. The fourth-order valence-electron chi connectivity index (χ4n) is 2.28. The summed E-state index contributed by atoms with van der Waals surface area (Å²) < 4.78 is 0. The Hall–Kier alpha value is -1.76. The molecule has 1 aliphatic heterocycles. The summed E-state index contributed by atoms with van der Waals surface area (Å²) in [5, 5.41) is 4.31. The maximum atomic E-state index is 6.36. The van der Waals surface area contributed by atoms with E-state index in [4.69, 9.17) is 11.5 Å². The predicted octanol–water partition coefficient (Wildman–Crippen LogP) is 3.26. The van der Waals surface area contributed by atoms with E-state index >= 15 is 0 Å². The lowest BCUT2D eigenvalue weighted by Gasteiger charge is -2.26. The molecule has 0 saturated carbocycles. The number of hydrogen-bond acceptors (Lipinski definition) is 5. The predicted molar refractivity (Wildman–Crippen MR) is 96.4 cm³/mol. The Morgan fingerprint density at radius 3 is 2.64 bits per heavy atom. The normalized spacial score (nSPS) is 19.6. The highest BCUT2D eigenvalue weighted by Gasteiger charge is 2.24. The summed E-state index contributed by atoms with van der Waals surface area (Å²) in [5.41, 5.74) is 14.3. The minimum Gasteiger partial charge on any atom is -0.383 e.